The van der Waals surface area contributed by atoms with Crippen molar-refractivity contribution in [1.29, 1.82) is 0 Å². The predicted molar refractivity (Wildman–Crippen MR) is 113 cm³/mol. The van der Waals surface area contributed by atoms with E-state index < -0.39 is 0 Å². The number of rotatable bonds is 8. The highest BCUT2D eigenvalue weighted by Crippen LogP contribution is 2.25. The Morgan fingerprint density at radius 1 is 1.00 bits per heavy atom. The number of hydrogen-bond acceptors (Lipinski definition) is 4. The summed E-state index contributed by atoms with van der Waals surface area (Å²) in [4.78, 5) is 14.3. The van der Waals surface area contributed by atoms with Crippen LogP contribution >= 0.6 is 0 Å². The van der Waals surface area contributed by atoms with Gasteiger partial charge in [-0.1, -0.05) is 45.0 Å². The normalized spacial score (nSPS) is 12.5. The fourth-order valence-corrected chi connectivity index (χ4v) is 2.89. The fraction of sp³-hybridized carbons (Fsp3) is 0.435. The van der Waals surface area contributed by atoms with Crippen molar-refractivity contribution in [1.82, 2.24) is 10.2 Å². The molecule has 2 aromatic carbocycles. The van der Waals surface area contributed by atoms with Crippen molar-refractivity contribution >= 4 is 5.91 Å². The molecule has 0 aliphatic heterocycles. The lowest BCUT2D eigenvalue weighted by Crippen LogP contribution is -2.36. The minimum absolute atomic E-state index is 0.0184. The van der Waals surface area contributed by atoms with Crippen LogP contribution in [-0.2, 0) is 10.2 Å². The number of hydrogen-bond donors (Lipinski definition) is 1. The number of carbonyl (C=O) groups is 1. The molecule has 5 heteroatoms. The average molecular weight is 385 g/mol. The van der Waals surface area contributed by atoms with Crippen LogP contribution in [0.1, 0.15) is 37.9 Å². The molecular formula is C23H32N2O3. The summed E-state index contributed by atoms with van der Waals surface area (Å²) in [6, 6.07) is 15.9. The van der Waals surface area contributed by atoms with E-state index >= 15 is 0 Å². The minimum Gasteiger partial charge on any atom is -0.497 e. The number of ether oxygens (including phenoxy) is 2. The molecule has 0 radical (unpaired) electrons. The molecule has 152 valence electrons. The molecular weight excluding hydrogens is 352 g/mol. The monoisotopic (exact) mass is 384 g/mol. The second-order valence-electron chi connectivity index (χ2n) is 8.12. The lowest BCUT2D eigenvalue weighted by atomic mass is 9.86. The van der Waals surface area contributed by atoms with E-state index in [1.165, 1.54) is 11.1 Å². The quantitative estimate of drug-likeness (QED) is 0.752. The van der Waals surface area contributed by atoms with E-state index in [0.29, 0.717) is 12.3 Å². The molecule has 0 aromatic heterocycles. The average Bonchev–Trinajstić information content (AvgIpc) is 2.66. The van der Waals surface area contributed by atoms with Crippen molar-refractivity contribution in [2.75, 3.05) is 34.4 Å². The van der Waals surface area contributed by atoms with Gasteiger partial charge >= 0.3 is 0 Å². The van der Waals surface area contributed by atoms with Crippen LogP contribution < -0.4 is 14.8 Å². The van der Waals surface area contributed by atoms with E-state index in [4.69, 9.17) is 9.47 Å². The van der Waals surface area contributed by atoms with E-state index in [9.17, 15) is 4.79 Å². The third-order valence-electron chi connectivity index (χ3n) is 4.71. The minimum atomic E-state index is -0.144. The molecule has 0 saturated carbocycles. The Kier molecular flexibility index (Phi) is 7.46. The SMILES string of the molecule is COc1ccc(OCC(=O)NC[C@@H](c2ccc(C(C)(C)C)cc2)N(C)C)cc1. The molecule has 28 heavy (non-hydrogen) atoms. The smallest absolute Gasteiger partial charge is 0.258 e. The summed E-state index contributed by atoms with van der Waals surface area (Å²) in [5.74, 6) is 1.25. The van der Waals surface area contributed by atoms with Crippen LogP contribution in [0.2, 0.25) is 0 Å². The highest BCUT2D eigenvalue weighted by atomic mass is 16.5. The van der Waals surface area contributed by atoms with Gasteiger partial charge in [0.25, 0.3) is 5.91 Å². The number of carbonyl (C=O) groups excluding carboxylic acids is 1. The zero-order chi connectivity index (χ0) is 20.7. The molecule has 0 unspecified atom stereocenters. The van der Waals surface area contributed by atoms with Gasteiger partial charge in [0.2, 0.25) is 0 Å². The molecule has 0 heterocycles. The molecule has 1 atom stereocenters. The van der Waals surface area contributed by atoms with Gasteiger partial charge in [0, 0.05) is 6.54 Å². The fourth-order valence-electron chi connectivity index (χ4n) is 2.89. The van der Waals surface area contributed by atoms with Gasteiger partial charge in [-0.3, -0.25) is 4.79 Å². The number of likely N-dealkylation sites (N-methyl/N-ethyl adjacent to an activating group) is 1. The third kappa shape index (κ3) is 6.27. The summed E-state index contributed by atoms with van der Waals surface area (Å²) in [5.41, 5.74) is 2.60. The second-order valence-corrected chi connectivity index (χ2v) is 8.12. The molecule has 1 amide bonds. The van der Waals surface area contributed by atoms with Gasteiger partial charge in [0.1, 0.15) is 11.5 Å². The summed E-state index contributed by atoms with van der Waals surface area (Å²) in [5, 5.41) is 2.97. The van der Waals surface area contributed by atoms with E-state index in [1.54, 1.807) is 31.4 Å². The molecule has 2 aromatic rings. The zero-order valence-electron chi connectivity index (χ0n) is 17.8. The summed E-state index contributed by atoms with van der Waals surface area (Å²) in [7, 11) is 5.64. The van der Waals surface area contributed by atoms with Crippen LogP contribution in [-0.4, -0.2) is 45.2 Å². The van der Waals surface area contributed by atoms with Gasteiger partial charge in [0.15, 0.2) is 6.61 Å². The molecule has 0 aliphatic carbocycles. The Morgan fingerprint density at radius 3 is 2.07 bits per heavy atom. The Labute approximate surface area is 168 Å². The number of amides is 1. The number of nitrogens with one attached hydrogen (secondary N) is 1. The molecule has 1 N–H and O–H groups in total. The first kappa shape index (κ1) is 21.8. The largest absolute Gasteiger partial charge is 0.497 e. The Morgan fingerprint density at radius 2 is 1.57 bits per heavy atom. The zero-order valence-corrected chi connectivity index (χ0v) is 17.8. The van der Waals surface area contributed by atoms with Crippen molar-refractivity contribution < 1.29 is 14.3 Å². The molecule has 0 spiro atoms. The Hall–Kier alpha value is -2.53. The molecule has 0 aliphatic rings. The van der Waals surface area contributed by atoms with Crippen molar-refractivity contribution in [3.63, 3.8) is 0 Å². The van der Waals surface area contributed by atoms with Crippen LogP contribution in [0.15, 0.2) is 48.5 Å². The first-order valence-corrected chi connectivity index (χ1v) is 9.51. The van der Waals surface area contributed by atoms with Gasteiger partial charge in [0.05, 0.1) is 13.2 Å². The molecule has 0 saturated heterocycles. The van der Waals surface area contributed by atoms with Gasteiger partial charge in [-0.25, -0.2) is 0 Å². The highest BCUT2D eigenvalue weighted by molar-refractivity contribution is 5.77. The first-order chi connectivity index (χ1) is 13.2. The van der Waals surface area contributed by atoms with E-state index in [2.05, 4.69) is 55.3 Å². The van der Waals surface area contributed by atoms with E-state index in [1.807, 2.05) is 14.1 Å². The number of benzene rings is 2. The van der Waals surface area contributed by atoms with Crippen molar-refractivity contribution in [2.45, 2.75) is 32.2 Å². The summed E-state index contributed by atoms with van der Waals surface area (Å²) in [6.07, 6.45) is 0. The Balaban J connectivity index is 1.90. The van der Waals surface area contributed by atoms with Gasteiger partial charge in [-0.15, -0.1) is 0 Å². The highest BCUT2D eigenvalue weighted by Gasteiger charge is 2.18. The van der Waals surface area contributed by atoms with Crippen LogP contribution in [0.3, 0.4) is 0 Å². The second kappa shape index (κ2) is 9.60. The van der Waals surface area contributed by atoms with E-state index in [0.717, 1.165) is 5.75 Å². The summed E-state index contributed by atoms with van der Waals surface area (Å²) < 4.78 is 10.6. The molecule has 0 fully saturated rings. The predicted octanol–water partition coefficient (Wildman–Crippen LogP) is 3.79. The van der Waals surface area contributed by atoms with Crippen LogP contribution in [0, 0.1) is 0 Å². The standard InChI is InChI=1S/C23H32N2O3/c1-23(2,3)18-9-7-17(8-10-18)21(25(4)5)15-24-22(26)16-28-20-13-11-19(27-6)12-14-20/h7-14,21H,15-16H2,1-6H3,(H,24,26)/t21-/m0/s1. The Bertz CT molecular complexity index is 747. The maximum absolute atomic E-state index is 12.2. The summed E-state index contributed by atoms with van der Waals surface area (Å²) in [6.45, 7) is 7.11. The number of nitrogens with zero attached hydrogens (tertiary/aromatic N) is 1. The van der Waals surface area contributed by atoms with Crippen LogP contribution in [0.4, 0.5) is 0 Å². The first-order valence-electron chi connectivity index (χ1n) is 9.51. The molecule has 0 bridgehead atoms. The molecule has 2 rings (SSSR count). The third-order valence-corrected chi connectivity index (χ3v) is 4.71. The van der Waals surface area contributed by atoms with Crippen molar-refractivity contribution in [3.8, 4) is 11.5 Å². The van der Waals surface area contributed by atoms with Crippen molar-refractivity contribution in [2.24, 2.45) is 0 Å². The summed E-state index contributed by atoms with van der Waals surface area (Å²) >= 11 is 0. The van der Waals surface area contributed by atoms with Crippen LogP contribution in [0.5, 0.6) is 11.5 Å². The van der Waals surface area contributed by atoms with Crippen LogP contribution in [0.25, 0.3) is 0 Å². The molecule has 5 nitrogen and oxygen atoms in total. The topological polar surface area (TPSA) is 50.8 Å². The van der Waals surface area contributed by atoms with Gasteiger partial charge in [-0.05, 0) is 54.9 Å². The lowest BCUT2D eigenvalue weighted by molar-refractivity contribution is -0.123. The maximum atomic E-state index is 12.2. The number of methoxy groups -OCH3 is 1. The lowest BCUT2D eigenvalue weighted by Gasteiger charge is -2.26. The van der Waals surface area contributed by atoms with Gasteiger partial charge < -0.3 is 19.7 Å². The van der Waals surface area contributed by atoms with Crippen molar-refractivity contribution in [3.05, 3.63) is 59.7 Å². The van der Waals surface area contributed by atoms with Gasteiger partial charge in [-0.2, -0.15) is 0 Å². The maximum Gasteiger partial charge on any atom is 0.258 e. The van der Waals surface area contributed by atoms with E-state index in [-0.39, 0.29) is 24.0 Å².